The highest BCUT2D eigenvalue weighted by Crippen LogP contribution is 2.31. The molecule has 0 aliphatic heterocycles. The number of carbonyl (C=O) groups is 1. The molecule has 172 valence electrons. The highest BCUT2D eigenvalue weighted by Gasteiger charge is 2.17. The lowest BCUT2D eigenvalue weighted by molar-refractivity contribution is -0.384. The third-order valence-corrected chi connectivity index (χ3v) is 5.04. The van der Waals surface area contributed by atoms with Crippen LogP contribution in [0.4, 0.5) is 5.69 Å². The molecule has 9 nitrogen and oxygen atoms in total. The number of ether oxygens (including phenoxy) is 2. The number of non-ortho nitro benzene ring substituents is 1. The summed E-state index contributed by atoms with van der Waals surface area (Å²) < 4.78 is 12.8. The van der Waals surface area contributed by atoms with Crippen LogP contribution in [0.3, 0.4) is 0 Å². The lowest BCUT2D eigenvalue weighted by Crippen LogP contribution is -2.17. The number of aryl methyl sites for hydroxylation is 1. The molecule has 1 aromatic heterocycles. The molecule has 1 heterocycles. The minimum Gasteiger partial charge on any atom is -0.494 e. The van der Waals surface area contributed by atoms with Crippen molar-refractivity contribution in [3.05, 3.63) is 81.2 Å². The number of aromatic nitrogens is 1. The van der Waals surface area contributed by atoms with Gasteiger partial charge in [-0.3, -0.25) is 14.9 Å². The van der Waals surface area contributed by atoms with Gasteiger partial charge in [-0.05, 0) is 56.7 Å². The third kappa shape index (κ3) is 5.38. The molecule has 0 unspecified atom stereocenters. The fourth-order valence-electron chi connectivity index (χ4n) is 3.40. The molecular formula is C24H26N4O5. The van der Waals surface area contributed by atoms with Crippen molar-refractivity contribution in [3.8, 4) is 17.2 Å². The second-order valence-electron chi connectivity index (χ2n) is 7.35. The Bertz CT molecular complexity index is 1180. The summed E-state index contributed by atoms with van der Waals surface area (Å²) in [5, 5.41) is 15.2. The number of amides is 1. The van der Waals surface area contributed by atoms with Gasteiger partial charge in [0.1, 0.15) is 11.5 Å². The summed E-state index contributed by atoms with van der Waals surface area (Å²) >= 11 is 0. The molecule has 0 radical (unpaired) electrons. The number of rotatable bonds is 9. The van der Waals surface area contributed by atoms with Crippen LogP contribution in [0.25, 0.3) is 5.69 Å². The van der Waals surface area contributed by atoms with Gasteiger partial charge in [0.05, 0.1) is 36.6 Å². The molecule has 9 heteroatoms. The quantitative estimate of drug-likeness (QED) is 0.292. The summed E-state index contributed by atoms with van der Waals surface area (Å²) in [6, 6.07) is 13.2. The predicted octanol–water partition coefficient (Wildman–Crippen LogP) is 4.56. The van der Waals surface area contributed by atoms with E-state index in [1.807, 2.05) is 31.4 Å². The van der Waals surface area contributed by atoms with Crippen LogP contribution >= 0.6 is 0 Å². The summed E-state index contributed by atoms with van der Waals surface area (Å²) in [5.74, 6) is 0.763. The number of hydrogen-bond donors (Lipinski definition) is 1. The zero-order valence-corrected chi connectivity index (χ0v) is 19.0. The van der Waals surface area contributed by atoms with Crippen molar-refractivity contribution in [2.45, 2.75) is 27.2 Å². The van der Waals surface area contributed by atoms with Gasteiger partial charge in [-0.25, -0.2) is 5.43 Å². The number of carbonyl (C=O) groups excluding carboxylic acids is 1. The Kier molecular flexibility index (Phi) is 7.45. The smallest absolute Gasteiger partial charge is 0.273 e. The Morgan fingerprint density at radius 2 is 1.91 bits per heavy atom. The maximum absolute atomic E-state index is 12.4. The second kappa shape index (κ2) is 10.4. The molecule has 0 atom stereocenters. The molecule has 33 heavy (non-hydrogen) atoms. The molecule has 3 aromatic rings. The van der Waals surface area contributed by atoms with Crippen molar-refractivity contribution in [2.75, 3.05) is 13.7 Å². The molecule has 0 saturated heterocycles. The first-order valence-electron chi connectivity index (χ1n) is 10.4. The van der Waals surface area contributed by atoms with Crippen LogP contribution in [0, 0.1) is 24.0 Å². The van der Waals surface area contributed by atoms with Crippen LogP contribution in [-0.4, -0.2) is 35.3 Å². The van der Waals surface area contributed by atoms with E-state index in [9.17, 15) is 14.9 Å². The van der Waals surface area contributed by atoms with Crippen LogP contribution in [-0.2, 0) is 0 Å². The van der Waals surface area contributed by atoms with Crippen molar-refractivity contribution < 1.29 is 19.2 Å². The third-order valence-electron chi connectivity index (χ3n) is 5.04. The molecule has 2 aromatic carbocycles. The van der Waals surface area contributed by atoms with Gasteiger partial charge in [0.15, 0.2) is 0 Å². The van der Waals surface area contributed by atoms with E-state index >= 15 is 0 Å². The van der Waals surface area contributed by atoms with Crippen LogP contribution in [0.15, 0.2) is 53.6 Å². The molecular weight excluding hydrogens is 424 g/mol. The number of nitro groups is 1. The Labute approximate surface area is 191 Å². The predicted molar refractivity (Wildman–Crippen MR) is 126 cm³/mol. The van der Waals surface area contributed by atoms with E-state index in [0.717, 1.165) is 23.4 Å². The van der Waals surface area contributed by atoms with Crippen LogP contribution in [0.1, 0.15) is 40.7 Å². The first-order chi connectivity index (χ1) is 15.8. The van der Waals surface area contributed by atoms with E-state index in [1.165, 1.54) is 19.2 Å². The van der Waals surface area contributed by atoms with Gasteiger partial charge < -0.3 is 14.0 Å². The zero-order chi connectivity index (χ0) is 24.0. The van der Waals surface area contributed by atoms with Crippen molar-refractivity contribution in [1.29, 1.82) is 0 Å². The van der Waals surface area contributed by atoms with Crippen LogP contribution < -0.4 is 14.9 Å². The Hall–Kier alpha value is -4.14. The maximum Gasteiger partial charge on any atom is 0.273 e. The molecule has 0 bridgehead atoms. The average Bonchev–Trinajstić information content (AvgIpc) is 3.10. The summed E-state index contributed by atoms with van der Waals surface area (Å²) in [6.45, 7) is 6.46. The van der Waals surface area contributed by atoms with Gasteiger partial charge >= 0.3 is 0 Å². The zero-order valence-electron chi connectivity index (χ0n) is 19.0. The second-order valence-corrected chi connectivity index (χ2v) is 7.35. The first kappa shape index (κ1) is 23.5. The van der Waals surface area contributed by atoms with Gasteiger partial charge in [-0.1, -0.05) is 6.92 Å². The Balaban J connectivity index is 1.76. The molecule has 0 fully saturated rings. The number of methoxy groups -OCH3 is 1. The topological polar surface area (TPSA) is 108 Å². The average molecular weight is 450 g/mol. The molecule has 0 aliphatic carbocycles. The highest BCUT2D eigenvalue weighted by molar-refractivity contribution is 5.95. The van der Waals surface area contributed by atoms with Crippen molar-refractivity contribution in [2.24, 2.45) is 5.10 Å². The van der Waals surface area contributed by atoms with Crippen molar-refractivity contribution in [1.82, 2.24) is 9.99 Å². The van der Waals surface area contributed by atoms with Gasteiger partial charge in [0, 0.05) is 28.6 Å². The van der Waals surface area contributed by atoms with Gasteiger partial charge in [-0.2, -0.15) is 5.10 Å². The molecule has 0 spiro atoms. The fourth-order valence-corrected chi connectivity index (χ4v) is 3.40. The monoisotopic (exact) mass is 450 g/mol. The summed E-state index contributed by atoms with van der Waals surface area (Å²) in [5.41, 5.74) is 6.14. The summed E-state index contributed by atoms with van der Waals surface area (Å²) in [7, 11) is 1.47. The molecule has 3 rings (SSSR count). The SMILES string of the molecule is CCCOc1ccc(C(=O)N/N=C\c2cc(C)n(-c3ccc([N+](=O)[O-])cc3OC)c2C)cc1. The van der Waals surface area contributed by atoms with Gasteiger partial charge in [0.25, 0.3) is 11.6 Å². The number of nitrogens with zero attached hydrogens (tertiary/aromatic N) is 3. The normalized spacial score (nSPS) is 10.9. The maximum atomic E-state index is 12.4. The molecule has 0 aliphatic rings. The minimum atomic E-state index is -0.464. The van der Waals surface area contributed by atoms with Crippen LogP contribution in [0.5, 0.6) is 11.5 Å². The van der Waals surface area contributed by atoms with E-state index in [-0.39, 0.29) is 11.6 Å². The minimum absolute atomic E-state index is 0.0486. The van der Waals surface area contributed by atoms with Gasteiger partial charge in [0.2, 0.25) is 0 Å². The standard InChI is InChI=1S/C24H26N4O5/c1-5-12-33-21-9-6-18(7-10-21)24(29)26-25-15-19-13-16(2)27(17(19)3)22-11-8-20(28(30)31)14-23(22)32-4/h6-11,13-15H,5,12H2,1-4H3,(H,26,29)/b25-15-. The highest BCUT2D eigenvalue weighted by atomic mass is 16.6. The number of nitrogens with one attached hydrogen (secondary N) is 1. The van der Waals surface area contributed by atoms with Crippen LogP contribution in [0.2, 0.25) is 0 Å². The number of hydrazone groups is 1. The number of nitro benzene ring substituents is 1. The van der Waals surface area contributed by atoms with E-state index in [4.69, 9.17) is 9.47 Å². The Morgan fingerprint density at radius 1 is 1.18 bits per heavy atom. The molecule has 0 saturated carbocycles. The van der Waals surface area contributed by atoms with E-state index in [1.54, 1.807) is 36.5 Å². The van der Waals surface area contributed by atoms with E-state index in [2.05, 4.69) is 10.5 Å². The molecule has 1 amide bonds. The summed E-state index contributed by atoms with van der Waals surface area (Å²) in [4.78, 5) is 23.0. The fraction of sp³-hybridized carbons (Fsp3) is 0.250. The lowest BCUT2D eigenvalue weighted by atomic mass is 10.2. The number of hydrogen-bond acceptors (Lipinski definition) is 6. The van der Waals surface area contributed by atoms with E-state index in [0.29, 0.717) is 29.4 Å². The van der Waals surface area contributed by atoms with Gasteiger partial charge in [-0.15, -0.1) is 0 Å². The summed E-state index contributed by atoms with van der Waals surface area (Å²) in [6.07, 6.45) is 2.47. The molecule has 1 N–H and O–H groups in total. The Morgan fingerprint density at radius 3 is 2.55 bits per heavy atom. The van der Waals surface area contributed by atoms with Crippen molar-refractivity contribution in [3.63, 3.8) is 0 Å². The largest absolute Gasteiger partial charge is 0.494 e. The first-order valence-corrected chi connectivity index (χ1v) is 10.4. The lowest BCUT2D eigenvalue weighted by Gasteiger charge is -2.13. The van der Waals surface area contributed by atoms with Crippen molar-refractivity contribution >= 4 is 17.8 Å². The van der Waals surface area contributed by atoms with E-state index < -0.39 is 4.92 Å². The number of benzene rings is 2.